The van der Waals surface area contributed by atoms with Gasteiger partial charge in [-0.1, -0.05) is 31.5 Å². The average molecular weight is 383 g/mol. The van der Waals surface area contributed by atoms with E-state index in [0.29, 0.717) is 11.4 Å². The summed E-state index contributed by atoms with van der Waals surface area (Å²) < 4.78 is 5.14. The van der Waals surface area contributed by atoms with Crippen LogP contribution in [0, 0.1) is 0 Å². The summed E-state index contributed by atoms with van der Waals surface area (Å²) >= 11 is 0. The monoisotopic (exact) mass is 383 g/mol. The molecular formula is C22H29N3O3. The van der Waals surface area contributed by atoms with Gasteiger partial charge in [-0.25, -0.2) is 0 Å². The van der Waals surface area contributed by atoms with Gasteiger partial charge < -0.3 is 15.4 Å². The SMILES string of the molecule is CCCCc1ccc(NC(=O)CN(C)CC(=O)Nc2cccc(OC)c2)cc1. The van der Waals surface area contributed by atoms with Crippen molar-refractivity contribution in [2.75, 3.05) is 37.9 Å². The maximum atomic E-state index is 12.2. The Morgan fingerprint density at radius 1 is 0.964 bits per heavy atom. The molecule has 0 heterocycles. The molecule has 150 valence electrons. The van der Waals surface area contributed by atoms with E-state index in [2.05, 4.69) is 17.6 Å². The molecule has 0 aliphatic carbocycles. The van der Waals surface area contributed by atoms with Gasteiger partial charge >= 0.3 is 0 Å². The third kappa shape index (κ3) is 7.40. The first kappa shape index (κ1) is 21.4. The van der Waals surface area contributed by atoms with Crippen LogP contribution in [0.3, 0.4) is 0 Å². The van der Waals surface area contributed by atoms with Crippen LogP contribution in [-0.2, 0) is 16.0 Å². The molecule has 6 nitrogen and oxygen atoms in total. The van der Waals surface area contributed by atoms with Crippen LogP contribution in [0.1, 0.15) is 25.3 Å². The number of hydrogen-bond acceptors (Lipinski definition) is 4. The van der Waals surface area contributed by atoms with Gasteiger partial charge in [-0.05, 0) is 49.7 Å². The van der Waals surface area contributed by atoms with Gasteiger partial charge in [0.25, 0.3) is 0 Å². The Balaban J connectivity index is 1.77. The van der Waals surface area contributed by atoms with Gasteiger partial charge in [-0.3, -0.25) is 14.5 Å². The first-order valence-electron chi connectivity index (χ1n) is 9.51. The van der Waals surface area contributed by atoms with Crippen LogP contribution in [0.4, 0.5) is 11.4 Å². The smallest absolute Gasteiger partial charge is 0.238 e. The number of anilines is 2. The lowest BCUT2D eigenvalue weighted by molar-refractivity contribution is -0.119. The fourth-order valence-electron chi connectivity index (χ4n) is 2.78. The third-order valence-electron chi connectivity index (χ3n) is 4.24. The summed E-state index contributed by atoms with van der Waals surface area (Å²) in [5.74, 6) is 0.327. The van der Waals surface area contributed by atoms with E-state index >= 15 is 0 Å². The van der Waals surface area contributed by atoms with E-state index in [-0.39, 0.29) is 24.9 Å². The molecule has 0 atom stereocenters. The van der Waals surface area contributed by atoms with E-state index in [1.165, 1.54) is 5.56 Å². The minimum Gasteiger partial charge on any atom is -0.497 e. The van der Waals surface area contributed by atoms with E-state index in [0.717, 1.165) is 24.9 Å². The van der Waals surface area contributed by atoms with Crippen molar-refractivity contribution >= 4 is 23.2 Å². The number of nitrogens with zero attached hydrogens (tertiary/aromatic N) is 1. The molecular weight excluding hydrogens is 354 g/mol. The molecule has 6 heteroatoms. The first-order chi connectivity index (χ1) is 13.5. The molecule has 2 rings (SSSR count). The summed E-state index contributed by atoms with van der Waals surface area (Å²) in [5, 5.41) is 5.67. The minimum atomic E-state index is -0.191. The molecule has 0 saturated heterocycles. The molecule has 2 aromatic carbocycles. The van der Waals surface area contributed by atoms with E-state index < -0.39 is 0 Å². The Morgan fingerprint density at radius 3 is 2.21 bits per heavy atom. The predicted octanol–water partition coefficient (Wildman–Crippen LogP) is 3.55. The lowest BCUT2D eigenvalue weighted by Crippen LogP contribution is -2.36. The Labute approximate surface area is 166 Å². The number of rotatable bonds is 10. The second kappa shape index (κ2) is 11.1. The van der Waals surface area contributed by atoms with Crippen LogP contribution >= 0.6 is 0 Å². The summed E-state index contributed by atoms with van der Waals surface area (Å²) in [7, 11) is 3.31. The molecule has 0 aromatic heterocycles. The standard InChI is InChI=1S/C22H29N3O3/c1-4-5-7-17-10-12-18(13-11-17)23-21(26)15-25(2)16-22(27)24-19-8-6-9-20(14-19)28-3/h6,8-14H,4-5,7,15-16H2,1-3H3,(H,23,26)(H,24,27). The number of carbonyl (C=O) groups excluding carboxylic acids is 2. The topological polar surface area (TPSA) is 70.7 Å². The number of likely N-dealkylation sites (N-methyl/N-ethyl adjacent to an activating group) is 1. The van der Waals surface area contributed by atoms with Gasteiger partial charge in [0.15, 0.2) is 0 Å². The van der Waals surface area contributed by atoms with Crippen molar-refractivity contribution in [3.63, 3.8) is 0 Å². The normalized spacial score (nSPS) is 10.6. The summed E-state index contributed by atoms with van der Waals surface area (Å²) in [6.07, 6.45) is 3.38. The van der Waals surface area contributed by atoms with Gasteiger partial charge in [0.05, 0.1) is 20.2 Å². The Hall–Kier alpha value is -2.86. The molecule has 0 saturated carbocycles. The maximum absolute atomic E-state index is 12.2. The highest BCUT2D eigenvalue weighted by molar-refractivity contribution is 5.94. The second-order valence-electron chi connectivity index (χ2n) is 6.80. The number of aryl methyl sites for hydroxylation is 1. The van der Waals surface area contributed by atoms with Crippen LogP contribution in [0.15, 0.2) is 48.5 Å². The summed E-state index contributed by atoms with van der Waals surface area (Å²) in [5.41, 5.74) is 2.69. The molecule has 0 unspecified atom stereocenters. The largest absolute Gasteiger partial charge is 0.497 e. The molecule has 2 amide bonds. The van der Waals surface area contributed by atoms with E-state index in [1.54, 1.807) is 37.3 Å². The van der Waals surface area contributed by atoms with Crippen LogP contribution in [-0.4, -0.2) is 44.0 Å². The van der Waals surface area contributed by atoms with E-state index in [4.69, 9.17) is 4.74 Å². The molecule has 0 aliphatic heterocycles. The number of unbranched alkanes of at least 4 members (excludes halogenated alkanes) is 1. The van der Waals surface area contributed by atoms with E-state index in [9.17, 15) is 9.59 Å². The highest BCUT2D eigenvalue weighted by Gasteiger charge is 2.11. The fraction of sp³-hybridized carbons (Fsp3) is 0.364. The van der Waals surface area contributed by atoms with Gasteiger partial charge in [-0.2, -0.15) is 0 Å². The zero-order chi connectivity index (χ0) is 20.4. The van der Waals surface area contributed by atoms with Crippen molar-refractivity contribution in [2.45, 2.75) is 26.2 Å². The van der Waals surface area contributed by atoms with Crippen LogP contribution in [0.5, 0.6) is 5.75 Å². The highest BCUT2D eigenvalue weighted by Crippen LogP contribution is 2.16. The number of methoxy groups -OCH3 is 1. The fourth-order valence-corrected chi connectivity index (χ4v) is 2.78. The van der Waals surface area contributed by atoms with Gasteiger partial charge in [0.1, 0.15) is 5.75 Å². The van der Waals surface area contributed by atoms with Crippen LogP contribution < -0.4 is 15.4 Å². The minimum absolute atomic E-state index is 0.112. The van der Waals surface area contributed by atoms with Gasteiger partial charge in [0, 0.05) is 17.4 Å². The Morgan fingerprint density at radius 2 is 1.61 bits per heavy atom. The Bertz CT molecular complexity index is 775. The highest BCUT2D eigenvalue weighted by atomic mass is 16.5. The number of amides is 2. The number of nitrogens with one attached hydrogen (secondary N) is 2. The average Bonchev–Trinajstić information content (AvgIpc) is 2.67. The first-order valence-corrected chi connectivity index (χ1v) is 9.51. The van der Waals surface area contributed by atoms with E-state index in [1.807, 2.05) is 30.3 Å². The summed E-state index contributed by atoms with van der Waals surface area (Å²) in [6, 6.07) is 15.1. The molecule has 2 N–H and O–H groups in total. The zero-order valence-electron chi connectivity index (χ0n) is 16.8. The molecule has 0 fully saturated rings. The lowest BCUT2D eigenvalue weighted by atomic mass is 10.1. The van der Waals surface area contributed by atoms with Crippen LogP contribution in [0.25, 0.3) is 0 Å². The number of hydrogen-bond donors (Lipinski definition) is 2. The lowest BCUT2D eigenvalue weighted by Gasteiger charge is -2.16. The Kier molecular flexibility index (Phi) is 8.49. The third-order valence-corrected chi connectivity index (χ3v) is 4.24. The molecule has 28 heavy (non-hydrogen) atoms. The van der Waals surface area contributed by atoms with Crippen molar-refractivity contribution in [3.8, 4) is 5.75 Å². The molecule has 0 aliphatic rings. The predicted molar refractivity (Wildman–Crippen MR) is 113 cm³/mol. The quantitative estimate of drug-likeness (QED) is 0.658. The molecule has 2 aromatic rings. The molecule has 0 bridgehead atoms. The maximum Gasteiger partial charge on any atom is 0.238 e. The zero-order valence-corrected chi connectivity index (χ0v) is 16.8. The number of carbonyl (C=O) groups is 2. The van der Waals surface area contributed by atoms with Gasteiger partial charge in [-0.15, -0.1) is 0 Å². The van der Waals surface area contributed by atoms with Crippen molar-refractivity contribution in [1.82, 2.24) is 4.90 Å². The van der Waals surface area contributed by atoms with Crippen molar-refractivity contribution < 1.29 is 14.3 Å². The van der Waals surface area contributed by atoms with Crippen molar-refractivity contribution in [2.24, 2.45) is 0 Å². The number of benzene rings is 2. The number of ether oxygens (including phenoxy) is 1. The second-order valence-corrected chi connectivity index (χ2v) is 6.80. The van der Waals surface area contributed by atoms with Gasteiger partial charge in [0.2, 0.25) is 11.8 Å². The van der Waals surface area contributed by atoms with Crippen LogP contribution in [0.2, 0.25) is 0 Å². The van der Waals surface area contributed by atoms with Crippen molar-refractivity contribution in [1.29, 1.82) is 0 Å². The molecule has 0 radical (unpaired) electrons. The summed E-state index contributed by atoms with van der Waals surface area (Å²) in [4.78, 5) is 26.0. The van der Waals surface area contributed by atoms with Crippen molar-refractivity contribution in [3.05, 3.63) is 54.1 Å². The molecule has 0 spiro atoms. The summed E-state index contributed by atoms with van der Waals surface area (Å²) in [6.45, 7) is 2.41.